The van der Waals surface area contributed by atoms with E-state index in [1.54, 1.807) is 6.92 Å². The fourth-order valence-corrected chi connectivity index (χ4v) is 1.24. The van der Waals surface area contributed by atoms with Crippen molar-refractivity contribution >= 4 is 21.6 Å². The topological polar surface area (TPSA) is 97.5 Å². The summed E-state index contributed by atoms with van der Waals surface area (Å²) in [5, 5.41) is 9.40. The molecule has 0 aliphatic heterocycles. The molecule has 2 atom stereocenters. The van der Waals surface area contributed by atoms with Gasteiger partial charge in [0.1, 0.15) is 6.04 Å². The van der Waals surface area contributed by atoms with Gasteiger partial charge in [-0.3, -0.25) is 4.79 Å². The standard InChI is InChI=1S/C6H11NO4S/c1-4(3-12(10)11)2-5(7)6(8)9/h3-5H,2,7H2,1H3,(H,8,9)/t4?,5-/m0/s1. The first kappa shape index (κ1) is 11.1. The number of hydrogen-bond acceptors (Lipinski definition) is 4. The molecule has 0 aliphatic rings. The van der Waals surface area contributed by atoms with Crippen LogP contribution in [0.3, 0.4) is 0 Å². The minimum absolute atomic E-state index is 0.128. The van der Waals surface area contributed by atoms with Crippen LogP contribution in [0.15, 0.2) is 0 Å². The van der Waals surface area contributed by atoms with Crippen molar-refractivity contribution in [2.45, 2.75) is 19.4 Å². The second kappa shape index (κ2) is 4.89. The molecule has 3 N–H and O–H groups in total. The van der Waals surface area contributed by atoms with E-state index in [-0.39, 0.29) is 12.3 Å². The van der Waals surface area contributed by atoms with Crippen molar-refractivity contribution in [1.29, 1.82) is 0 Å². The van der Waals surface area contributed by atoms with Crippen molar-refractivity contribution in [3.05, 3.63) is 0 Å². The zero-order valence-corrected chi connectivity index (χ0v) is 7.41. The van der Waals surface area contributed by atoms with Crippen LogP contribution < -0.4 is 5.73 Å². The van der Waals surface area contributed by atoms with E-state index >= 15 is 0 Å². The van der Waals surface area contributed by atoms with E-state index in [2.05, 4.69) is 0 Å². The van der Waals surface area contributed by atoms with Crippen molar-refractivity contribution in [3.63, 3.8) is 0 Å². The Balaban J connectivity index is 4.10. The third kappa shape index (κ3) is 4.86. The first-order valence-corrected chi connectivity index (χ1v) is 4.48. The lowest BCUT2D eigenvalue weighted by Crippen LogP contribution is -2.32. The highest BCUT2D eigenvalue weighted by molar-refractivity contribution is 7.71. The summed E-state index contributed by atoms with van der Waals surface area (Å²) in [6, 6.07) is -1.00. The normalized spacial score (nSPS) is 14.8. The SMILES string of the molecule is CC(C=S(=O)=O)C[C@H](N)C(=O)O. The summed E-state index contributed by atoms with van der Waals surface area (Å²) in [6.45, 7) is 1.60. The number of aliphatic carboxylic acids is 1. The second-order valence-electron chi connectivity index (χ2n) is 2.55. The van der Waals surface area contributed by atoms with Gasteiger partial charge in [-0.25, -0.2) is 0 Å². The Morgan fingerprint density at radius 1 is 1.67 bits per heavy atom. The Bertz CT molecular complexity index is 274. The summed E-state index contributed by atoms with van der Waals surface area (Å²) in [6.07, 6.45) is 0.128. The molecule has 0 bridgehead atoms. The molecule has 0 fully saturated rings. The molecule has 5 nitrogen and oxygen atoms in total. The molecular formula is C6H11NO4S. The van der Waals surface area contributed by atoms with Crippen LogP contribution in [-0.2, 0) is 15.1 Å². The molecule has 6 heteroatoms. The van der Waals surface area contributed by atoms with E-state index in [9.17, 15) is 13.2 Å². The van der Waals surface area contributed by atoms with Crippen molar-refractivity contribution in [1.82, 2.24) is 0 Å². The third-order valence-electron chi connectivity index (χ3n) is 1.29. The summed E-state index contributed by atoms with van der Waals surface area (Å²) in [4.78, 5) is 10.2. The minimum Gasteiger partial charge on any atom is -0.480 e. The second-order valence-corrected chi connectivity index (χ2v) is 3.35. The first-order chi connectivity index (χ1) is 5.43. The summed E-state index contributed by atoms with van der Waals surface area (Å²) in [5.74, 6) is -1.46. The van der Waals surface area contributed by atoms with Crippen LogP contribution in [-0.4, -0.2) is 30.9 Å². The van der Waals surface area contributed by atoms with E-state index in [0.717, 1.165) is 5.37 Å². The Morgan fingerprint density at radius 2 is 2.17 bits per heavy atom. The van der Waals surface area contributed by atoms with E-state index in [4.69, 9.17) is 10.8 Å². The number of carbonyl (C=O) groups is 1. The first-order valence-electron chi connectivity index (χ1n) is 3.35. The van der Waals surface area contributed by atoms with Gasteiger partial charge in [0, 0.05) is 5.37 Å². The highest BCUT2D eigenvalue weighted by Crippen LogP contribution is 2.00. The molecule has 12 heavy (non-hydrogen) atoms. The molecule has 70 valence electrons. The lowest BCUT2D eigenvalue weighted by molar-refractivity contribution is -0.138. The maximum atomic E-state index is 10.2. The van der Waals surface area contributed by atoms with Gasteiger partial charge in [0.05, 0.1) is 0 Å². The zero-order valence-electron chi connectivity index (χ0n) is 6.60. The molecule has 0 aromatic carbocycles. The molecule has 0 aromatic rings. The lowest BCUT2D eigenvalue weighted by atomic mass is 10.1. The van der Waals surface area contributed by atoms with Crippen molar-refractivity contribution in [2.75, 3.05) is 0 Å². The number of hydrogen-bond donors (Lipinski definition) is 2. The van der Waals surface area contributed by atoms with Crippen LogP contribution in [0, 0.1) is 5.92 Å². The number of carboxylic acids is 1. The van der Waals surface area contributed by atoms with Gasteiger partial charge in [-0.15, -0.1) is 0 Å². The molecule has 0 radical (unpaired) electrons. The molecule has 0 saturated heterocycles. The van der Waals surface area contributed by atoms with Crippen LogP contribution in [0.4, 0.5) is 0 Å². The number of rotatable bonds is 4. The fourth-order valence-electron chi connectivity index (χ4n) is 0.747. The molecule has 0 amide bonds. The number of nitrogens with two attached hydrogens (primary N) is 1. The predicted octanol–water partition coefficient (Wildman–Crippen LogP) is -0.894. The van der Waals surface area contributed by atoms with Gasteiger partial charge in [0.2, 0.25) is 10.3 Å². The predicted molar refractivity (Wildman–Crippen MR) is 44.4 cm³/mol. The minimum atomic E-state index is -2.25. The van der Waals surface area contributed by atoms with Crippen LogP contribution in [0.25, 0.3) is 0 Å². The Hall–Kier alpha value is -0.880. The smallest absolute Gasteiger partial charge is 0.320 e. The van der Waals surface area contributed by atoms with Crippen molar-refractivity contribution in [2.24, 2.45) is 11.7 Å². The molecule has 0 rings (SSSR count). The van der Waals surface area contributed by atoms with Crippen LogP contribution in [0.5, 0.6) is 0 Å². The quantitative estimate of drug-likeness (QED) is 0.564. The molecule has 0 spiro atoms. The Kier molecular flexibility index (Phi) is 4.53. The van der Waals surface area contributed by atoms with E-state index in [1.165, 1.54) is 0 Å². The summed E-state index contributed by atoms with van der Waals surface area (Å²) in [7, 11) is -2.25. The lowest BCUT2D eigenvalue weighted by Gasteiger charge is -2.07. The van der Waals surface area contributed by atoms with Gasteiger partial charge in [0.15, 0.2) is 0 Å². The zero-order chi connectivity index (χ0) is 9.72. The van der Waals surface area contributed by atoms with Gasteiger partial charge in [-0.05, 0) is 12.3 Å². The molecule has 0 aliphatic carbocycles. The van der Waals surface area contributed by atoms with E-state index < -0.39 is 22.3 Å². The third-order valence-corrected chi connectivity index (χ3v) is 1.97. The van der Waals surface area contributed by atoms with Gasteiger partial charge in [0.25, 0.3) is 0 Å². The van der Waals surface area contributed by atoms with E-state index in [0.29, 0.717) is 0 Å². The monoisotopic (exact) mass is 193 g/mol. The highest BCUT2D eigenvalue weighted by Gasteiger charge is 2.14. The van der Waals surface area contributed by atoms with Crippen molar-refractivity contribution < 1.29 is 18.3 Å². The molecule has 0 heterocycles. The van der Waals surface area contributed by atoms with Gasteiger partial charge in [-0.1, -0.05) is 6.92 Å². The average Bonchev–Trinajstić information content (AvgIpc) is 1.84. The number of carboxylic acid groups (broad SMARTS) is 1. The van der Waals surface area contributed by atoms with Gasteiger partial charge < -0.3 is 10.8 Å². The van der Waals surface area contributed by atoms with E-state index in [1.807, 2.05) is 0 Å². The van der Waals surface area contributed by atoms with Gasteiger partial charge in [-0.2, -0.15) is 8.42 Å². The summed E-state index contributed by atoms with van der Waals surface area (Å²) < 4.78 is 20.2. The largest absolute Gasteiger partial charge is 0.480 e. The van der Waals surface area contributed by atoms with Gasteiger partial charge >= 0.3 is 5.97 Å². The Labute approximate surface area is 71.7 Å². The summed E-state index contributed by atoms with van der Waals surface area (Å²) in [5.41, 5.74) is 5.17. The molecule has 0 aromatic heterocycles. The van der Waals surface area contributed by atoms with Crippen molar-refractivity contribution in [3.8, 4) is 0 Å². The Morgan fingerprint density at radius 3 is 2.50 bits per heavy atom. The molecular weight excluding hydrogens is 182 g/mol. The van der Waals surface area contributed by atoms with Crippen LogP contribution >= 0.6 is 0 Å². The molecule has 1 unspecified atom stereocenters. The average molecular weight is 193 g/mol. The molecule has 0 saturated carbocycles. The maximum Gasteiger partial charge on any atom is 0.320 e. The van der Waals surface area contributed by atoms with Crippen LogP contribution in [0.1, 0.15) is 13.3 Å². The fraction of sp³-hybridized carbons (Fsp3) is 0.667. The maximum absolute atomic E-state index is 10.2. The highest BCUT2D eigenvalue weighted by atomic mass is 32.2. The van der Waals surface area contributed by atoms with Crippen LogP contribution in [0.2, 0.25) is 0 Å². The summed E-state index contributed by atoms with van der Waals surface area (Å²) >= 11 is 0.